The van der Waals surface area contributed by atoms with Gasteiger partial charge in [0, 0.05) is 25.2 Å². The molecule has 1 heterocycles. The van der Waals surface area contributed by atoms with Gasteiger partial charge in [-0.1, -0.05) is 0 Å². The molecule has 1 fully saturated rings. The number of hydrogen-bond acceptors (Lipinski definition) is 3. The summed E-state index contributed by atoms with van der Waals surface area (Å²) >= 11 is 3.16. The molecule has 1 saturated heterocycles. The molecule has 0 radical (unpaired) electrons. The Balaban J connectivity index is 1.96. The first kappa shape index (κ1) is 13.9. The third-order valence-corrected chi connectivity index (χ3v) is 3.75. The van der Waals surface area contributed by atoms with Crippen molar-refractivity contribution in [3.05, 3.63) is 28.2 Å². The van der Waals surface area contributed by atoms with Gasteiger partial charge in [0.1, 0.15) is 5.75 Å². The molecule has 1 aliphatic heterocycles. The van der Waals surface area contributed by atoms with Crippen molar-refractivity contribution in [2.75, 3.05) is 19.6 Å². The Morgan fingerprint density at radius 1 is 1.47 bits per heavy atom. The van der Waals surface area contributed by atoms with Crippen LogP contribution in [0.3, 0.4) is 0 Å². The van der Waals surface area contributed by atoms with E-state index < -0.39 is 0 Å². The number of rotatable bonds is 3. The van der Waals surface area contributed by atoms with Crippen molar-refractivity contribution in [1.29, 1.82) is 0 Å². The van der Waals surface area contributed by atoms with Crippen LogP contribution in [0.4, 0.5) is 0 Å². The van der Waals surface area contributed by atoms with Crippen molar-refractivity contribution in [3.8, 4) is 5.75 Å². The molecule has 0 atom stereocenters. The summed E-state index contributed by atoms with van der Waals surface area (Å²) in [5, 5.41) is 12.3. The smallest absolute Gasteiger partial charge is 0.254 e. The molecule has 6 heteroatoms. The topological polar surface area (TPSA) is 69.6 Å². The molecule has 0 saturated carbocycles. The average Bonchev–Trinajstić information content (AvgIpc) is 2.31. The third-order valence-electron chi connectivity index (χ3n) is 3.08. The molecule has 1 aromatic rings. The summed E-state index contributed by atoms with van der Waals surface area (Å²) in [7, 11) is 0. The SMILES string of the molecule is CCNC(=O)C1CN(C(=O)c2ccc(Br)c(O)c2)C1. The van der Waals surface area contributed by atoms with Crippen LogP contribution in [0, 0.1) is 5.92 Å². The fraction of sp³-hybridized carbons (Fsp3) is 0.385. The molecule has 2 amide bonds. The number of nitrogens with zero attached hydrogens (tertiary/aromatic N) is 1. The number of aromatic hydroxyl groups is 1. The number of carbonyl (C=O) groups excluding carboxylic acids is 2. The Hall–Kier alpha value is -1.56. The van der Waals surface area contributed by atoms with Gasteiger partial charge in [-0.3, -0.25) is 9.59 Å². The van der Waals surface area contributed by atoms with Crippen LogP contribution >= 0.6 is 15.9 Å². The predicted molar refractivity (Wildman–Crippen MR) is 73.9 cm³/mol. The first-order chi connectivity index (χ1) is 9.02. The molecule has 2 rings (SSSR count). The second kappa shape index (κ2) is 5.61. The van der Waals surface area contributed by atoms with E-state index in [0.717, 1.165) is 0 Å². The average molecular weight is 327 g/mol. The van der Waals surface area contributed by atoms with Gasteiger partial charge in [-0.05, 0) is 41.1 Å². The maximum absolute atomic E-state index is 12.1. The summed E-state index contributed by atoms with van der Waals surface area (Å²) in [6.45, 7) is 3.33. The van der Waals surface area contributed by atoms with Gasteiger partial charge in [0.05, 0.1) is 10.4 Å². The Kier molecular flexibility index (Phi) is 4.09. The molecule has 0 spiro atoms. The van der Waals surface area contributed by atoms with Gasteiger partial charge in [0.2, 0.25) is 5.91 Å². The molecular weight excluding hydrogens is 312 g/mol. The summed E-state index contributed by atoms with van der Waals surface area (Å²) in [5.74, 6) is -0.256. The lowest BCUT2D eigenvalue weighted by Gasteiger charge is -2.38. The number of carbonyl (C=O) groups is 2. The van der Waals surface area contributed by atoms with E-state index in [4.69, 9.17) is 0 Å². The molecule has 1 aliphatic rings. The van der Waals surface area contributed by atoms with Crippen LogP contribution in [0.25, 0.3) is 0 Å². The molecule has 5 nitrogen and oxygen atoms in total. The zero-order valence-electron chi connectivity index (χ0n) is 10.5. The molecule has 19 heavy (non-hydrogen) atoms. The number of hydrogen-bond donors (Lipinski definition) is 2. The molecule has 1 aromatic carbocycles. The van der Waals surface area contributed by atoms with Gasteiger partial charge in [-0.2, -0.15) is 0 Å². The monoisotopic (exact) mass is 326 g/mol. The minimum absolute atomic E-state index is 0.00907. The highest BCUT2D eigenvalue weighted by atomic mass is 79.9. The van der Waals surface area contributed by atoms with E-state index in [1.165, 1.54) is 6.07 Å². The zero-order valence-corrected chi connectivity index (χ0v) is 12.1. The van der Waals surface area contributed by atoms with Gasteiger partial charge in [0.15, 0.2) is 0 Å². The van der Waals surface area contributed by atoms with Crippen molar-refractivity contribution >= 4 is 27.7 Å². The van der Waals surface area contributed by atoms with Gasteiger partial charge in [0.25, 0.3) is 5.91 Å². The van der Waals surface area contributed by atoms with Crippen molar-refractivity contribution in [3.63, 3.8) is 0 Å². The Labute approximate surface area is 119 Å². The summed E-state index contributed by atoms with van der Waals surface area (Å²) in [5.41, 5.74) is 0.426. The fourth-order valence-electron chi connectivity index (χ4n) is 1.96. The van der Waals surface area contributed by atoms with Gasteiger partial charge in [-0.25, -0.2) is 0 Å². The van der Waals surface area contributed by atoms with Crippen LogP contribution in [0.1, 0.15) is 17.3 Å². The Bertz CT molecular complexity index is 513. The number of nitrogens with one attached hydrogen (secondary N) is 1. The van der Waals surface area contributed by atoms with Crippen LogP contribution in [-0.4, -0.2) is 41.5 Å². The van der Waals surface area contributed by atoms with E-state index in [9.17, 15) is 14.7 Å². The van der Waals surface area contributed by atoms with Gasteiger partial charge in [-0.15, -0.1) is 0 Å². The maximum atomic E-state index is 12.1. The number of benzene rings is 1. The van der Waals surface area contributed by atoms with E-state index in [0.29, 0.717) is 29.7 Å². The highest BCUT2D eigenvalue weighted by molar-refractivity contribution is 9.10. The number of amides is 2. The fourth-order valence-corrected chi connectivity index (χ4v) is 2.20. The van der Waals surface area contributed by atoms with Crippen LogP contribution in [0.2, 0.25) is 0 Å². The van der Waals surface area contributed by atoms with Crippen molar-refractivity contribution < 1.29 is 14.7 Å². The van der Waals surface area contributed by atoms with Crippen molar-refractivity contribution in [2.45, 2.75) is 6.92 Å². The lowest BCUT2D eigenvalue weighted by Crippen LogP contribution is -2.55. The van der Waals surface area contributed by atoms with Crippen molar-refractivity contribution in [2.24, 2.45) is 5.92 Å². The lowest BCUT2D eigenvalue weighted by atomic mass is 9.98. The quantitative estimate of drug-likeness (QED) is 0.881. The molecule has 0 aromatic heterocycles. The van der Waals surface area contributed by atoms with Crippen LogP contribution in [-0.2, 0) is 4.79 Å². The van der Waals surface area contributed by atoms with Crippen molar-refractivity contribution in [1.82, 2.24) is 10.2 Å². The highest BCUT2D eigenvalue weighted by Gasteiger charge is 2.35. The molecule has 0 unspecified atom stereocenters. The Morgan fingerprint density at radius 3 is 2.74 bits per heavy atom. The maximum Gasteiger partial charge on any atom is 0.254 e. The summed E-state index contributed by atoms with van der Waals surface area (Å²) in [6, 6.07) is 4.70. The van der Waals surface area contributed by atoms with Crippen LogP contribution < -0.4 is 5.32 Å². The van der Waals surface area contributed by atoms with Gasteiger partial charge >= 0.3 is 0 Å². The minimum Gasteiger partial charge on any atom is -0.507 e. The second-order valence-corrected chi connectivity index (χ2v) is 5.32. The first-order valence-corrected chi connectivity index (χ1v) is 6.87. The van der Waals surface area contributed by atoms with E-state index >= 15 is 0 Å². The largest absolute Gasteiger partial charge is 0.507 e. The van der Waals surface area contributed by atoms with Crippen LogP contribution in [0.15, 0.2) is 22.7 Å². The standard InChI is InChI=1S/C13H15BrN2O3/c1-2-15-12(18)9-6-16(7-9)13(19)8-3-4-10(14)11(17)5-8/h3-5,9,17H,2,6-7H2,1H3,(H,15,18). The predicted octanol–water partition coefficient (Wildman–Crippen LogP) is 1.36. The molecule has 102 valence electrons. The summed E-state index contributed by atoms with van der Waals surface area (Å²) in [6.07, 6.45) is 0. The van der Waals surface area contributed by atoms with Gasteiger partial charge < -0.3 is 15.3 Å². The van der Waals surface area contributed by atoms with E-state index in [1.807, 2.05) is 6.92 Å². The normalized spacial score (nSPS) is 14.9. The number of likely N-dealkylation sites (tertiary alicyclic amines) is 1. The number of halogens is 1. The highest BCUT2D eigenvalue weighted by Crippen LogP contribution is 2.26. The first-order valence-electron chi connectivity index (χ1n) is 6.08. The zero-order chi connectivity index (χ0) is 14.0. The third kappa shape index (κ3) is 2.89. The molecule has 0 bridgehead atoms. The molecule has 0 aliphatic carbocycles. The van der Waals surface area contributed by atoms with E-state index in [1.54, 1.807) is 17.0 Å². The molecule has 2 N–H and O–H groups in total. The summed E-state index contributed by atoms with van der Waals surface area (Å²) in [4.78, 5) is 25.2. The van der Waals surface area contributed by atoms with E-state index in [-0.39, 0.29) is 23.5 Å². The summed E-state index contributed by atoms with van der Waals surface area (Å²) < 4.78 is 0.549. The van der Waals surface area contributed by atoms with Crippen LogP contribution in [0.5, 0.6) is 5.75 Å². The minimum atomic E-state index is -0.164. The number of phenols is 1. The number of phenolic OH excluding ortho intramolecular Hbond substituents is 1. The lowest BCUT2D eigenvalue weighted by molar-refractivity contribution is -0.128. The van der Waals surface area contributed by atoms with E-state index in [2.05, 4.69) is 21.2 Å². The Morgan fingerprint density at radius 2 is 2.16 bits per heavy atom. The second-order valence-electron chi connectivity index (χ2n) is 4.47. The molecular formula is C13H15BrN2O3.